The van der Waals surface area contributed by atoms with Crippen molar-refractivity contribution in [3.05, 3.63) is 39.4 Å². The molecule has 1 aromatic carbocycles. The van der Waals surface area contributed by atoms with Gasteiger partial charge in [-0.15, -0.1) is 5.10 Å². The molecule has 2 rings (SSSR count). The Morgan fingerprint density at radius 1 is 1.52 bits per heavy atom. The van der Waals surface area contributed by atoms with Gasteiger partial charge in [-0.2, -0.15) is 0 Å². The number of carbonyl (C=O) groups is 2. The van der Waals surface area contributed by atoms with Gasteiger partial charge >= 0.3 is 12.2 Å². The summed E-state index contributed by atoms with van der Waals surface area (Å²) in [6.45, 7) is 0.268. The summed E-state index contributed by atoms with van der Waals surface area (Å²) in [7, 11) is 0. The largest absolute Gasteiger partial charge is 0.452 e. The molecule has 1 heterocycles. The van der Waals surface area contributed by atoms with Gasteiger partial charge in [0.05, 0.1) is 4.92 Å². The van der Waals surface area contributed by atoms with Crippen LogP contribution in [-0.4, -0.2) is 45.0 Å². The molecular formula is C13H11N3O7. The summed E-state index contributed by atoms with van der Waals surface area (Å²) in [6, 6.07) is 4.79. The number of hydrogen-bond acceptors (Lipinski definition) is 9. The molecule has 0 spiro atoms. The number of aliphatic hydroxyl groups is 1. The molecular weight excluding hydrogens is 310 g/mol. The zero-order valence-corrected chi connectivity index (χ0v) is 11.8. The summed E-state index contributed by atoms with van der Waals surface area (Å²) in [5.74, 6) is -1.70. The van der Waals surface area contributed by atoms with E-state index in [1.54, 1.807) is 18.2 Å². The second kappa shape index (κ2) is 6.75. The summed E-state index contributed by atoms with van der Waals surface area (Å²) < 4.78 is 9.44. The Balaban J connectivity index is 2.27. The lowest BCUT2D eigenvalue weighted by molar-refractivity contribution is -0.572. The minimum atomic E-state index is -2.06. The average molecular weight is 321 g/mol. The maximum atomic E-state index is 11.9. The number of ketones is 1. The highest BCUT2D eigenvalue weighted by Crippen LogP contribution is 2.19. The third-order valence-electron chi connectivity index (χ3n) is 2.82. The normalized spacial score (nSPS) is 12.9. The third kappa shape index (κ3) is 3.74. The summed E-state index contributed by atoms with van der Waals surface area (Å²) in [6.07, 6.45) is -0.842. The lowest BCUT2D eigenvalue weighted by Crippen LogP contribution is -2.27. The van der Waals surface area contributed by atoms with Crippen LogP contribution in [0.15, 0.2) is 28.3 Å². The molecule has 0 fully saturated rings. The first kappa shape index (κ1) is 16.2. The van der Waals surface area contributed by atoms with Gasteiger partial charge in [-0.05, 0) is 19.1 Å². The number of aliphatic hydroxyl groups excluding tert-OH is 1. The summed E-state index contributed by atoms with van der Waals surface area (Å²) in [4.78, 5) is 32.8. The molecule has 0 aliphatic rings. The van der Waals surface area contributed by atoms with Gasteiger partial charge in [-0.1, -0.05) is 12.1 Å². The number of fused-ring (bicyclic) bond motifs is 1. The molecule has 2 aromatic rings. The van der Waals surface area contributed by atoms with Crippen molar-refractivity contribution in [2.45, 2.75) is 13.2 Å². The predicted octanol–water partition coefficient (Wildman–Crippen LogP) is 0.333. The van der Waals surface area contributed by atoms with E-state index in [0.29, 0.717) is 16.7 Å². The molecule has 1 unspecified atom stereocenters. The molecule has 0 saturated carbocycles. The van der Waals surface area contributed by atoms with Crippen molar-refractivity contribution >= 4 is 28.9 Å². The standard InChI is InChI=1S/C13H11N3O7/c1-7(17)9(13(19)22-6-11(18)16(20)21)5-8-3-2-4-10-12(8)14-15-23-10/h2-5,11,18H,6H2,1H3. The highest BCUT2D eigenvalue weighted by molar-refractivity contribution is 6.20. The van der Waals surface area contributed by atoms with E-state index in [4.69, 9.17) is 9.63 Å². The Morgan fingerprint density at radius 2 is 2.26 bits per heavy atom. The Morgan fingerprint density at radius 3 is 2.91 bits per heavy atom. The highest BCUT2D eigenvalue weighted by atomic mass is 16.7. The average Bonchev–Trinajstić information content (AvgIpc) is 2.98. The van der Waals surface area contributed by atoms with E-state index in [1.807, 2.05) is 0 Å². The molecule has 0 aliphatic carbocycles. The molecule has 0 aliphatic heterocycles. The van der Waals surface area contributed by atoms with Crippen LogP contribution in [0.1, 0.15) is 12.5 Å². The number of nitro groups is 1. The summed E-state index contributed by atoms with van der Waals surface area (Å²) in [5, 5.41) is 26.4. The molecule has 10 nitrogen and oxygen atoms in total. The van der Waals surface area contributed by atoms with E-state index < -0.39 is 29.5 Å². The van der Waals surface area contributed by atoms with E-state index in [-0.39, 0.29) is 5.57 Å². The first-order chi connectivity index (χ1) is 10.9. The first-order valence-electron chi connectivity index (χ1n) is 6.32. The smallest absolute Gasteiger partial charge is 0.347 e. The maximum Gasteiger partial charge on any atom is 0.347 e. The van der Waals surface area contributed by atoms with Crippen molar-refractivity contribution in [2.24, 2.45) is 0 Å². The van der Waals surface area contributed by atoms with Crippen LogP contribution in [0.2, 0.25) is 0 Å². The monoisotopic (exact) mass is 321 g/mol. The molecule has 0 radical (unpaired) electrons. The predicted molar refractivity (Wildman–Crippen MR) is 74.4 cm³/mol. The molecule has 0 amide bonds. The van der Waals surface area contributed by atoms with Crippen LogP contribution >= 0.6 is 0 Å². The fourth-order valence-corrected chi connectivity index (χ4v) is 1.69. The minimum absolute atomic E-state index is 0.337. The van der Waals surface area contributed by atoms with Crippen LogP contribution in [0.4, 0.5) is 0 Å². The SMILES string of the molecule is CC(=O)C(=Cc1cccc2onnc12)C(=O)OCC(O)[N+](=O)[O-]. The summed E-state index contributed by atoms with van der Waals surface area (Å²) >= 11 is 0. The van der Waals surface area contributed by atoms with E-state index in [2.05, 4.69) is 15.1 Å². The van der Waals surface area contributed by atoms with Gasteiger partial charge in [0.25, 0.3) is 0 Å². The number of nitrogens with zero attached hydrogens (tertiary/aromatic N) is 3. The zero-order valence-electron chi connectivity index (χ0n) is 11.8. The second-order valence-electron chi connectivity index (χ2n) is 4.45. The van der Waals surface area contributed by atoms with Crippen LogP contribution in [0.3, 0.4) is 0 Å². The fourth-order valence-electron chi connectivity index (χ4n) is 1.69. The lowest BCUT2D eigenvalue weighted by Gasteiger charge is -2.06. The van der Waals surface area contributed by atoms with E-state index in [9.17, 15) is 19.7 Å². The number of Topliss-reactive ketones (excluding diaryl/α,β-unsaturated/α-hetero) is 1. The van der Waals surface area contributed by atoms with Crippen molar-refractivity contribution in [3.63, 3.8) is 0 Å². The Labute approximate surface area is 128 Å². The number of ether oxygens (including phenoxy) is 1. The van der Waals surface area contributed by atoms with Crippen LogP contribution in [-0.2, 0) is 14.3 Å². The Kier molecular flexibility index (Phi) is 4.76. The third-order valence-corrected chi connectivity index (χ3v) is 2.82. The molecule has 23 heavy (non-hydrogen) atoms. The molecule has 1 N–H and O–H groups in total. The number of hydrogen-bond donors (Lipinski definition) is 1. The van der Waals surface area contributed by atoms with Crippen molar-refractivity contribution in [1.29, 1.82) is 0 Å². The van der Waals surface area contributed by atoms with Gasteiger partial charge in [-0.3, -0.25) is 14.9 Å². The number of carbonyl (C=O) groups excluding carboxylic acids is 2. The quantitative estimate of drug-likeness (QED) is 0.151. The van der Waals surface area contributed by atoms with Gasteiger partial charge in [0.15, 0.2) is 18.0 Å². The van der Waals surface area contributed by atoms with E-state index in [0.717, 1.165) is 6.92 Å². The van der Waals surface area contributed by atoms with Gasteiger partial charge in [0.1, 0.15) is 11.1 Å². The fraction of sp³-hybridized carbons (Fsp3) is 0.231. The Hall–Kier alpha value is -3.14. The van der Waals surface area contributed by atoms with Gasteiger partial charge in [0, 0.05) is 10.8 Å². The topological polar surface area (TPSA) is 146 Å². The molecule has 0 bridgehead atoms. The number of rotatable bonds is 6. The molecule has 0 saturated heterocycles. The molecule has 1 aromatic heterocycles. The lowest BCUT2D eigenvalue weighted by atomic mass is 10.1. The van der Waals surface area contributed by atoms with Crippen LogP contribution < -0.4 is 0 Å². The van der Waals surface area contributed by atoms with Crippen LogP contribution in [0.25, 0.3) is 17.2 Å². The van der Waals surface area contributed by atoms with Gasteiger partial charge in [-0.25, -0.2) is 4.79 Å². The van der Waals surface area contributed by atoms with Crippen molar-refractivity contribution in [1.82, 2.24) is 10.4 Å². The van der Waals surface area contributed by atoms with Crippen LogP contribution in [0.5, 0.6) is 0 Å². The summed E-state index contributed by atoms with van der Waals surface area (Å²) in [5.41, 5.74) is 0.736. The number of esters is 1. The zero-order chi connectivity index (χ0) is 17.0. The van der Waals surface area contributed by atoms with Crippen LogP contribution in [0, 0.1) is 10.1 Å². The maximum absolute atomic E-state index is 11.9. The van der Waals surface area contributed by atoms with E-state index in [1.165, 1.54) is 6.08 Å². The van der Waals surface area contributed by atoms with E-state index >= 15 is 0 Å². The molecule has 1 atom stereocenters. The second-order valence-corrected chi connectivity index (χ2v) is 4.45. The first-order valence-corrected chi connectivity index (χ1v) is 6.32. The molecule has 10 heteroatoms. The number of aromatic nitrogens is 2. The highest BCUT2D eigenvalue weighted by Gasteiger charge is 2.22. The van der Waals surface area contributed by atoms with Gasteiger partial charge in [0.2, 0.25) is 0 Å². The number of benzene rings is 1. The minimum Gasteiger partial charge on any atom is -0.452 e. The van der Waals surface area contributed by atoms with Crippen molar-refractivity contribution in [2.75, 3.05) is 6.61 Å². The Bertz CT molecular complexity index is 796. The molecule has 120 valence electrons. The van der Waals surface area contributed by atoms with Gasteiger partial charge < -0.3 is 14.4 Å². The van der Waals surface area contributed by atoms with Crippen molar-refractivity contribution < 1.29 is 28.9 Å². The van der Waals surface area contributed by atoms with Crippen molar-refractivity contribution in [3.8, 4) is 0 Å².